The first kappa shape index (κ1) is 9.81. The molecule has 2 aliphatic rings. The van der Waals surface area contributed by atoms with E-state index in [4.69, 9.17) is 14.2 Å². The predicted molar refractivity (Wildman–Crippen MR) is 55.5 cm³/mol. The Kier molecular flexibility index (Phi) is 2.19. The molecule has 1 aromatic carbocycles. The van der Waals surface area contributed by atoms with Crippen molar-refractivity contribution in [1.82, 2.24) is 0 Å². The van der Waals surface area contributed by atoms with Crippen LogP contribution in [0, 0.1) is 5.41 Å². The first-order valence-electron chi connectivity index (χ1n) is 5.24. The number of benzene rings is 1. The van der Waals surface area contributed by atoms with E-state index in [9.17, 15) is 4.79 Å². The van der Waals surface area contributed by atoms with Crippen LogP contribution in [0.1, 0.15) is 10.4 Å². The molecule has 0 bridgehead atoms. The maximum atomic E-state index is 12.4. The number of carbonyl (C=O) groups is 1. The van der Waals surface area contributed by atoms with Crippen LogP contribution in [0.25, 0.3) is 0 Å². The fourth-order valence-electron chi connectivity index (χ4n) is 2.14. The minimum atomic E-state index is -0.646. The number of carbonyl (C=O) groups excluding carboxylic acids is 1. The molecule has 2 heterocycles. The summed E-state index contributed by atoms with van der Waals surface area (Å²) in [5, 5.41) is 0. The Morgan fingerprint density at radius 2 is 1.81 bits per heavy atom. The number of para-hydroxylation sites is 1. The molecular formula is C12H12O4. The van der Waals surface area contributed by atoms with Gasteiger partial charge in [-0.2, -0.15) is 0 Å². The summed E-state index contributed by atoms with van der Waals surface area (Å²) < 4.78 is 16.1. The van der Waals surface area contributed by atoms with Gasteiger partial charge in [0.2, 0.25) is 0 Å². The highest BCUT2D eigenvalue weighted by Crippen LogP contribution is 2.36. The number of rotatable bonds is 0. The van der Waals surface area contributed by atoms with Gasteiger partial charge in [0.1, 0.15) is 24.6 Å². The van der Waals surface area contributed by atoms with Crippen LogP contribution in [0.5, 0.6) is 5.75 Å². The largest absolute Gasteiger partial charge is 0.492 e. The minimum absolute atomic E-state index is 0.0639. The van der Waals surface area contributed by atoms with Gasteiger partial charge in [0.05, 0.1) is 18.8 Å². The van der Waals surface area contributed by atoms with E-state index in [-0.39, 0.29) is 12.6 Å². The van der Waals surface area contributed by atoms with Crippen molar-refractivity contribution in [3.63, 3.8) is 0 Å². The molecule has 0 saturated carbocycles. The molecule has 1 aromatic rings. The molecule has 0 atom stereocenters. The smallest absolute Gasteiger partial charge is 0.180 e. The summed E-state index contributed by atoms with van der Waals surface area (Å²) in [5.41, 5.74) is -0.0186. The normalized spacial score (nSPS) is 22.6. The molecule has 4 heteroatoms. The van der Waals surface area contributed by atoms with E-state index in [2.05, 4.69) is 0 Å². The first-order chi connectivity index (χ1) is 7.82. The van der Waals surface area contributed by atoms with Crippen LogP contribution in [-0.4, -0.2) is 32.4 Å². The second-order valence-corrected chi connectivity index (χ2v) is 4.21. The van der Waals surface area contributed by atoms with E-state index in [1.807, 2.05) is 18.2 Å². The lowest BCUT2D eigenvalue weighted by Crippen LogP contribution is -2.50. The first-order valence-corrected chi connectivity index (χ1v) is 5.24. The van der Waals surface area contributed by atoms with Gasteiger partial charge in [0, 0.05) is 0 Å². The molecule has 0 amide bonds. The fraction of sp³-hybridized carbons (Fsp3) is 0.417. The summed E-state index contributed by atoms with van der Waals surface area (Å²) in [7, 11) is 0. The van der Waals surface area contributed by atoms with Crippen molar-refractivity contribution in [2.24, 2.45) is 5.41 Å². The molecule has 4 nitrogen and oxygen atoms in total. The molecule has 16 heavy (non-hydrogen) atoms. The van der Waals surface area contributed by atoms with Crippen LogP contribution in [0.3, 0.4) is 0 Å². The summed E-state index contributed by atoms with van der Waals surface area (Å²) in [4.78, 5) is 12.4. The van der Waals surface area contributed by atoms with Gasteiger partial charge in [-0.3, -0.25) is 4.79 Å². The van der Waals surface area contributed by atoms with Gasteiger partial charge < -0.3 is 14.2 Å². The van der Waals surface area contributed by atoms with Gasteiger partial charge in [-0.05, 0) is 12.1 Å². The molecule has 0 unspecified atom stereocenters. The number of hydrogen-bond acceptors (Lipinski definition) is 4. The maximum absolute atomic E-state index is 12.4. The Morgan fingerprint density at radius 1 is 1.06 bits per heavy atom. The van der Waals surface area contributed by atoms with Crippen LogP contribution < -0.4 is 4.74 Å². The van der Waals surface area contributed by atoms with E-state index in [0.717, 1.165) is 0 Å². The third-order valence-electron chi connectivity index (χ3n) is 3.04. The predicted octanol–water partition coefficient (Wildman–Crippen LogP) is 1.25. The SMILES string of the molecule is O=C1c2ccccc2OCC12COCOC2. The molecule has 1 saturated heterocycles. The van der Waals surface area contributed by atoms with E-state index >= 15 is 0 Å². The van der Waals surface area contributed by atoms with Crippen molar-refractivity contribution in [3.05, 3.63) is 29.8 Å². The Balaban J connectivity index is 2.00. The molecule has 0 radical (unpaired) electrons. The molecular weight excluding hydrogens is 208 g/mol. The minimum Gasteiger partial charge on any atom is -0.492 e. The summed E-state index contributed by atoms with van der Waals surface area (Å²) in [5.74, 6) is 0.720. The molecule has 0 N–H and O–H groups in total. The number of Topliss-reactive ketones (excluding diaryl/α,β-unsaturated/α-hetero) is 1. The second kappa shape index (κ2) is 3.57. The fourth-order valence-corrected chi connectivity index (χ4v) is 2.14. The number of fused-ring (bicyclic) bond motifs is 1. The van der Waals surface area contributed by atoms with Crippen molar-refractivity contribution in [1.29, 1.82) is 0 Å². The van der Waals surface area contributed by atoms with Crippen molar-refractivity contribution < 1.29 is 19.0 Å². The topological polar surface area (TPSA) is 44.8 Å². The van der Waals surface area contributed by atoms with Crippen LogP contribution >= 0.6 is 0 Å². The standard InChI is InChI=1S/C12H12O4/c13-11-9-3-1-2-4-10(9)16-7-12(11)5-14-8-15-6-12/h1-4H,5-8H2. The van der Waals surface area contributed by atoms with Crippen molar-refractivity contribution >= 4 is 5.78 Å². The number of hydrogen-bond donors (Lipinski definition) is 0. The van der Waals surface area contributed by atoms with Crippen LogP contribution in [-0.2, 0) is 9.47 Å². The van der Waals surface area contributed by atoms with Crippen molar-refractivity contribution in [3.8, 4) is 5.75 Å². The quantitative estimate of drug-likeness (QED) is 0.660. The molecule has 1 fully saturated rings. The van der Waals surface area contributed by atoms with Gasteiger partial charge in [-0.25, -0.2) is 0 Å². The Bertz CT molecular complexity index is 421. The number of ether oxygens (including phenoxy) is 3. The summed E-state index contributed by atoms with van der Waals surface area (Å²) in [6.45, 7) is 1.35. The van der Waals surface area contributed by atoms with Gasteiger partial charge >= 0.3 is 0 Å². The second-order valence-electron chi connectivity index (χ2n) is 4.21. The summed E-state index contributed by atoms with van der Waals surface area (Å²) >= 11 is 0. The third-order valence-corrected chi connectivity index (χ3v) is 3.04. The Morgan fingerprint density at radius 3 is 2.62 bits per heavy atom. The Hall–Kier alpha value is -1.39. The van der Waals surface area contributed by atoms with Crippen molar-refractivity contribution in [2.45, 2.75) is 0 Å². The zero-order valence-corrected chi connectivity index (χ0v) is 8.77. The van der Waals surface area contributed by atoms with Gasteiger partial charge in [-0.15, -0.1) is 0 Å². The highest BCUT2D eigenvalue weighted by molar-refractivity contribution is 6.04. The molecule has 84 valence electrons. The Labute approximate surface area is 93.1 Å². The van der Waals surface area contributed by atoms with E-state index < -0.39 is 5.41 Å². The lowest BCUT2D eigenvalue weighted by molar-refractivity contribution is -0.158. The molecule has 0 aromatic heterocycles. The zero-order valence-electron chi connectivity index (χ0n) is 8.77. The molecule has 2 aliphatic heterocycles. The van der Waals surface area contributed by atoms with Gasteiger partial charge in [0.25, 0.3) is 0 Å². The van der Waals surface area contributed by atoms with Crippen LogP contribution in [0.4, 0.5) is 0 Å². The van der Waals surface area contributed by atoms with E-state index in [1.54, 1.807) is 6.07 Å². The summed E-state index contributed by atoms with van der Waals surface area (Å²) in [6, 6.07) is 7.29. The van der Waals surface area contributed by atoms with E-state index in [0.29, 0.717) is 31.1 Å². The average Bonchev–Trinajstić information content (AvgIpc) is 2.36. The zero-order chi connectivity index (χ0) is 11.0. The van der Waals surface area contributed by atoms with Crippen LogP contribution in [0.15, 0.2) is 24.3 Å². The third kappa shape index (κ3) is 1.34. The molecule has 1 spiro atoms. The molecule has 0 aliphatic carbocycles. The lowest BCUT2D eigenvalue weighted by atomic mass is 9.80. The summed E-state index contributed by atoms with van der Waals surface area (Å²) in [6.07, 6.45) is 0. The highest BCUT2D eigenvalue weighted by atomic mass is 16.7. The molecule has 3 rings (SSSR count). The van der Waals surface area contributed by atoms with Gasteiger partial charge in [-0.1, -0.05) is 12.1 Å². The van der Waals surface area contributed by atoms with E-state index in [1.165, 1.54) is 0 Å². The lowest BCUT2D eigenvalue weighted by Gasteiger charge is -2.38. The highest BCUT2D eigenvalue weighted by Gasteiger charge is 2.46. The maximum Gasteiger partial charge on any atom is 0.180 e. The number of ketones is 1. The average molecular weight is 220 g/mol. The monoisotopic (exact) mass is 220 g/mol. The van der Waals surface area contributed by atoms with Crippen LogP contribution in [0.2, 0.25) is 0 Å². The van der Waals surface area contributed by atoms with Gasteiger partial charge in [0.15, 0.2) is 5.78 Å². The van der Waals surface area contributed by atoms with Crippen molar-refractivity contribution in [2.75, 3.05) is 26.6 Å².